The van der Waals surface area contributed by atoms with Crippen LogP contribution >= 0.6 is 22.7 Å². The van der Waals surface area contributed by atoms with E-state index in [1.54, 1.807) is 46.9 Å². The van der Waals surface area contributed by atoms with Crippen LogP contribution in [-0.2, 0) is 0 Å². The average molecular weight is 378 g/mol. The van der Waals surface area contributed by atoms with Gasteiger partial charge in [0, 0.05) is 22.7 Å². The van der Waals surface area contributed by atoms with Gasteiger partial charge in [0.25, 0.3) is 5.69 Å². The Hall–Kier alpha value is -2.96. The van der Waals surface area contributed by atoms with Crippen molar-refractivity contribution in [3.05, 3.63) is 87.6 Å². The van der Waals surface area contributed by atoms with Crippen molar-refractivity contribution in [1.82, 2.24) is 4.57 Å². The summed E-state index contributed by atoms with van der Waals surface area (Å²) in [5.74, 6) is 0. The van der Waals surface area contributed by atoms with Crippen molar-refractivity contribution in [3.8, 4) is 26.8 Å². The van der Waals surface area contributed by atoms with Crippen molar-refractivity contribution in [3.63, 3.8) is 0 Å². The van der Waals surface area contributed by atoms with E-state index in [1.165, 1.54) is 0 Å². The zero-order valence-corrected chi connectivity index (χ0v) is 15.3. The minimum atomic E-state index is -0.379. The second-order valence-corrected chi connectivity index (χ2v) is 7.66. The van der Waals surface area contributed by atoms with Crippen LogP contribution in [0.2, 0.25) is 0 Å². The van der Waals surface area contributed by atoms with Gasteiger partial charge in [-0.25, -0.2) is 0 Å². The smallest absolute Gasteiger partial charge is 0.269 e. The van der Waals surface area contributed by atoms with Crippen LogP contribution in [0.5, 0.6) is 0 Å². The van der Waals surface area contributed by atoms with Gasteiger partial charge < -0.3 is 4.57 Å². The monoisotopic (exact) mass is 378 g/mol. The van der Waals surface area contributed by atoms with Gasteiger partial charge in [-0.05, 0) is 47.8 Å². The number of non-ortho nitro benzene ring substituents is 1. The molecule has 3 heterocycles. The van der Waals surface area contributed by atoms with E-state index in [2.05, 4.69) is 35.4 Å². The van der Waals surface area contributed by atoms with E-state index in [4.69, 9.17) is 0 Å². The SMILES string of the molecule is C=Cc1ccc(-c2ccc(-c3cccs3)n2-c2ccc([N+](=O)[O-])cc2)s1. The fraction of sp³-hybridized carbons (Fsp3) is 0. The molecule has 0 fully saturated rings. The van der Waals surface area contributed by atoms with Gasteiger partial charge in [0.1, 0.15) is 0 Å². The van der Waals surface area contributed by atoms with Gasteiger partial charge in [0.05, 0.1) is 26.1 Å². The van der Waals surface area contributed by atoms with Crippen molar-refractivity contribution in [1.29, 1.82) is 0 Å². The highest BCUT2D eigenvalue weighted by molar-refractivity contribution is 7.16. The molecule has 1 aromatic carbocycles. The number of hydrogen-bond donors (Lipinski definition) is 0. The lowest BCUT2D eigenvalue weighted by Crippen LogP contribution is -1.98. The van der Waals surface area contributed by atoms with E-state index in [-0.39, 0.29) is 10.6 Å². The van der Waals surface area contributed by atoms with Gasteiger partial charge in [-0.1, -0.05) is 18.7 Å². The van der Waals surface area contributed by atoms with Gasteiger partial charge in [-0.2, -0.15) is 0 Å². The highest BCUT2D eigenvalue weighted by Crippen LogP contribution is 2.37. The summed E-state index contributed by atoms with van der Waals surface area (Å²) < 4.78 is 2.15. The molecule has 0 saturated carbocycles. The van der Waals surface area contributed by atoms with Crippen LogP contribution in [0.15, 0.2) is 72.6 Å². The van der Waals surface area contributed by atoms with Crippen LogP contribution in [0.3, 0.4) is 0 Å². The standard InChI is InChI=1S/C20H14N2O2S2/c1-2-16-9-12-20(26-16)18-11-10-17(19-4-3-13-25-19)21(18)14-5-7-15(8-6-14)22(23)24/h2-13H,1H2. The van der Waals surface area contributed by atoms with Crippen molar-refractivity contribution < 1.29 is 4.92 Å². The maximum Gasteiger partial charge on any atom is 0.269 e. The quantitative estimate of drug-likeness (QED) is 0.294. The summed E-state index contributed by atoms with van der Waals surface area (Å²) in [6.07, 6.45) is 1.84. The molecule has 0 bridgehead atoms. The largest absolute Gasteiger partial charge is 0.308 e. The first-order valence-electron chi connectivity index (χ1n) is 7.90. The van der Waals surface area contributed by atoms with Crippen LogP contribution in [0.25, 0.3) is 32.9 Å². The van der Waals surface area contributed by atoms with Crippen molar-refractivity contribution in [2.24, 2.45) is 0 Å². The topological polar surface area (TPSA) is 48.1 Å². The number of nitro groups is 1. The van der Waals surface area contributed by atoms with Gasteiger partial charge in [0.15, 0.2) is 0 Å². The van der Waals surface area contributed by atoms with Gasteiger partial charge in [-0.15, -0.1) is 22.7 Å². The fourth-order valence-corrected chi connectivity index (χ4v) is 4.46. The molecule has 0 aliphatic rings. The molecule has 4 rings (SSSR count). The maximum atomic E-state index is 11.0. The Kier molecular flexibility index (Phi) is 4.28. The first kappa shape index (κ1) is 16.5. The predicted octanol–water partition coefficient (Wildman–Crippen LogP) is 6.49. The Morgan fingerprint density at radius 2 is 1.69 bits per heavy atom. The third-order valence-electron chi connectivity index (χ3n) is 4.05. The molecule has 0 aliphatic carbocycles. The second-order valence-electron chi connectivity index (χ2n) is 5.60. The molecule has 128 valence electrons. The Morgan fingerprint density at radius 1 is 0.962 bits per heavy atom. The second kappa shape index (κ2) is 6.74. The third kappa shape index (κ3) is 2.89. The zero-order chi connectivity index (χ0) is 18.1. The van der Waals surface area contributed by atoms with Crippen LogP contribution in [0.1, 0.15) is 4.88 Å². The van der Waals surface area contributed by atoms with Crippen LogP contribution in [0, 0.1) is 10.1 Å². The predicted molar refractivity (Wildman–Crippen MR) is 109 cm³/mol. The summed E-state index contributed by atoms with van der Waals surface area (Å²) in [6, 6.07) is 19.1. The first-order valence-corrected chi connectivity index (χ1v) is 9.60. The lowest BCUT2D eigenvalue weighted by Gasteiger charge is -2.12. The highest BCUT2D eigenvalue weighted by Gasteiger charge is 2.16. The van der Waals surface area contributed by atoms with Crippen molar-refractivity contribution in [2.75, 3.05) is 0 Å². The minimum Gasteiger partial charge on any atom is -0.308 e. The van der Waals surface area contributed by atoms with Gasteiger partial charge >= 0.3 is 0 Å². The van der Waals surface area contributed by atoms with Gasteiger partial charge in [-0.3, -0.25) is 10.1 Å². The molecular formula is C20H14N2O2S2. The van der Waals surface area contributed by atoms with E-state index in [9.17, 15) is 10.1 Å². The lowest BCUT2D eigenvalue weighted by atomic mass is 10.2. The summed E-state index contributed by atoms with van der Waals surface area (Å²) in [4.78, 5) is 14.0. The van der Waals surface area contributed by atoms with E-state index >= 15 is 0 Å². The number of hydrogen-bond acceptors (Lipinski definition) is 4. The van der Waals surface area contributed by atoms with E-state index in [0.717, 1.165) is 31.7 Å². The molecule has 0 amide bonds. The molecular weight excluding hydrogens is 364 g/mol. The molecule has 0 unspecified atom stereocenters. The molecule has 4 aromatic rings. The Morgan fingerprint density at radius 3 is 2.27 bits per heavy atom. The molecule has 3 aromatic heterocycles. The Bertz CT molecular complexity index is 1070. The maximum absolute atomic E-state index is 11.0. The molecule has 6 heteroatoms. The number of nitrogens with zero attached hydrogens (tertiary/aromatic N) is 2. The number of nitro benzene ring substituents is 1. The van der Waals surface area contributed by atoms with Crippen molar-refractivity contribution in [2.45, 2.75) is 0 Å². The van der Waals surface area contributed by atoms with Crippen LogP contribution in [-0.4, -0.2) is 9.49 Å². The van der Waals surface area contributed by atoms with Gasteiger partial charge in [0.2, 0.25) is 0 Å². The summed E-state index contributed by atoms with van der Waals surface area (Å²) in [7, 11) is 0. The van der Waals surface area contributed by atoms with E-state index in [1.807, 2.05) is 23.6 Å². The van der Waals surface area contributed by atoms with E-state index < -0.39 is 0 Å². The molecule has 26 heavy (non-hydrogen) atoms. The Balaban J connectivity index is 1.90. The minimum absolute atomic E-state index is 0.0881. The number of aromatic nitrogens is 1. The average Bonchev–Trinajstić information content (AvgIpc) is 3.40. The van der Waals surface area contributed by atoms with Crippen molar-refractivity contribution >= 4 is 34.4 Å². The number of benzene rings is 1. The van der Waals surface area contributed by atoms with Crippen LogP contribution < -0.4 is 0 Å². The molecule has 0 radical (unpaired) electrons. The van der Waals surface area contributed by atoms with Crippen LogP contribution in [0.4, 0.5) is 5.69 Å². The normalized spacial score (nSPS) is 10.8. The summed E-state index contributed by atoms with van der Waals surface area (Å²) >= 11 is 3.34. The summed E-state index contributed by atoms with van der Waals surface area (Å²) in [5, 5.41) is 13.0. The molecule has 0 N–H and O–H groups in total. The number of thiophene rings is 2. The Labute approximate surface area is 158 Å². The fourth-order valence-electron chi connectivity index (χ4n) is 2.85. The number of rotatable bonds is 5. The zero-order valence-electron chi connectivity index (χ0n) is 13.7. The van der Waals surface area contributed by atoms with E-state index in [0.29, 0.717) is 0 Å². The highest BCUT2D eigenvalue weighted by atomic mass is 32.1. The molecule has 4 nitrogen and oxygen atoms in total. The molecule has 0 atom stereocenters. The first-order chi connectivity index (χ1) is 12.7. The third-order valence-corrected chi connectivity index (χ3v) is 6.05. The summed E-state index contributed by atoms with van der Waals surface area (Å²) in [5.41, 5.74) is 3.11. The molecule has 0 spiro atoms. The lowest BCUT2D eigenvalue weighted by molar-refractivity contribution is -0.384. The molecule has 0 saturated heterocycles. The summed E-state index contributed by atoms with van der Waals surface area (Å²) in [6.45, 7) is 3.83. The molecule has 0 aliphatic heterocycles.